The molecular weight excluding hydrogens is 306 g/mol. The molecule has 0 unspecified atom stereocenters. The van der Waals surface area contributed by atoms with Gasteiger partial charge in [0.2, 0.25) is 10.0 Å². The lowest BCUT2D eigenvalue weighted by Gasteiger charge is -2.18. The van der Waals surface area contributed by atoms with Gasteiger partial charge in [-0.1, -0.05) is 22.0 Å². The smallest absolute Gasteiger partial charge is 0.243 e. The van der Waals surface area contributed by atoms with Gasteiger partial charge in [0.05, 0.1) is 4.90 Å². The predicted octanol–water partition coefficient (Wildman–Crippen LogP) is 1.76. The summed E-state index contributed by atoms with van der Waals surface area (Å²) in [5.41, 5.74) is 0.712. The van der Waals surface area contributed by atoms with E-state index in [4.69, 9.17) is 5.11 Å². The van der Waals surface area contributed by atoms with Crippen LogP contribution in [0.25, 0.3) is 0 Å². The molecule has 0 spiro atoms. The van der Waals surface area contributed by atoms with Crippen LogP contribution in [0.4, 0.5) is 0 Å². The Bertz CT molecular complexity index is 487. The van der Waals surface area contributed by atoms with E-state index in [1.54, 1.807) is 19.1 Å². The van der Waals surface area contributed by atoms with E-state index in [1.807, 2.05) is 6.07 Å². The molecule has 0 saturated heterocycles. The van der Waals surface area contributed by atoms with Crippen molar-refractivity contribution in [2.24, 2.45) is 0 Å². The van der Waals surface area contributed by atoms with Crippen molar-refractivity contribution in [1.82, 2.24) is 4.31 Å². The van der Waals surface area contributed by atoms with Crippen LogP contribution in [-0.4, -0.2) is 38.0 Å². The first-order chi connectivity index (χ1) is 7.89. The van der Waals surface area contributed by atoms with Crippen molar-refractivity contribution < 1.29 is 13.5 Å². The number of halogens is 1. The number of rotatable bonds is 5. The number of hydrogen-bond donors (Lipinski definition) is 1. The minimum Gasteiger partial charge on any atom is -0.396 e. The fourth-order valence-corrected chi connectivity index (χ4v) is 3.40. The van der Waals surface area contributed by atoms with Gasteiger partial charge in [0, 0.05) is 24.7 Å². The summed E-state index contributed by atoms with van der Waals surface area (Å²) in [7, 11) is -1.95. The summed E-state index contributed by atoms with van der Waals surface area (Å²) in [5.74, 6) is 0. The highest BCUT2D eigenvalue weighted by atomic mass is 79.9. The van der Waals surface area contributed by atoms with E-state index < -0.39 is 10.0 Å². The molecule has 1 rings (SSSR count). The highest BCUT2D eigenvalue weighted by molar-refractivity contribution is 9.10. The van der Waals surface area contributed by atoms with Crippen LogP contribution in [0.5, 0.6) is 0 Å². The number of hydrogen-bond acceptors (Lipinski definition) is 3. The van der Waals surface area contributed by atoms with Crippen molar-refractivity contribution in [1.29, 1.82) is 0 Å². The van der Waals surface area contributed by atoms with Crippen LogP contribution in [0.15, 0.2) is 27.6 Å². The molecule has 0 atom stereocenters. The van der Waals surface area contributed by atoms with Gasteiger partial charge in [0.1, 0.15) is 0 Å². The molecule has 0 fully saturated rings. The van der Waals surface area contributed by atoms with Crippen LogP contribution in [0.3, 0.4) is 0 Å². The molecule has 1 aromatic rings. The molecule has 17 heavy (non-hydrogen) atoms. The largest absolute Gasteiger partial charge is 0.396 e. The Morgan fingerprint density at radius 1 is 1.41 bits per heavy atom. The third kappa shape index (κ3) is 3.51. The Labute approximate surface area is 110 Å². The summed E-state index contributed by atoms with van der Waals surface area (Å²) in [6.45, 7) is 2.06. The van der Waals surface area contributed by atoms with Gasteiger partial charge in [-0.05, 0) is 31.0 Å². The van der Waals surface area contributed by atoms with Gasteiger partial charge in [-0.2, -0.15) is 0 Å². The van der Waals surface area contributed by atoms with E-state index in [-0.39, 0.29) is 6.61 Å². The minimum atomic E-state index is -3.47. The van der Waals surface area contributed by atoms with Gasteiger partial charge in [-0.25, -0.2) is 12.7 Å². The average Bonchev–Trinajstić information content (AvgIpc) is 2.28. The fraction of sp³-hybridized carbons (Fsp3) is 0.455. The second kappa shape index (κ2) is 5.95. The van der Waals surface area contributed by atoms with E-state index in [0.29, 0.717) is 23.4 Å². The molecule has 0 aliphatic heterocycles. The van der Waals surface area contributed by atoms with E-state index in [9.17, 15) is 8.42 Å². The molecule has 0 heterocycles. The van der Waals surface area contributed by atoms with E-state index in [2.05, 4.69) is 15.9 Å². The fourth-order valence-electron chi connectivity index (χ4n) is 1.43. The molecule has 96 valence electrons. The first-order valence-electron chi connectivity index (χ1n) is 5.23. The zero-order valence-corrected chi connectivity index (χ0v) is 12.3. The molecule has 1 aromatic carbocycles. The van der Waals surface area contributed by atoms with Gasteiger partial charge < -0.3 is 5.11 Å². The normalized spacial score (nSPS) is 12.1. The Morgan fingerprint density at radius 2 is 2.06 bits per heavy atom. The lowest BCUT2D eigenvalue weighted by Crippen LogP contribution is -2.29. The number of benzene rings is 1. The van der Waals surface area contributed by atoms with Gasteiger partial charge in [-0.15, -0.1) is 0 Å². The molecule has 0 radical (unpaired) electrons. The maximum atomic E-state index is 12.2. The van der Waals surface area contributed by atoms with Crippen molar-refractivity contribution in [2.45, 2.75) is 18.2 Å². The van der Waals surface area contributed by atoms with Crippen molar-refractivity contribution in [2.75, 3.05) is 20.2 Å². The minimum absolute atomic E-state index is 0.0165. The molecule has 0 saturated carbocycles. The molecule has 0 aromatic heterocycles. The van der Waals surface area contributed by atoms with Crippen LogP contribution in [0.2, 0.25) is 0 Å². The summed E-state index contributed by atoms with van der Waals surface area (Å²) >= 11 is 3.27. The number of aryl methyl sites for hydroxylation is 1. The molecule has 0 bridgehead atoms. The Morgan fingerprint density at radius 3 is 2.65 bits per heavy atom. The molecule has 6 heteroatoms. The van der Waals surface area contributed by atoms with E-state index >= 15 is 0 Å². The molecule has 0 amide bonds. The summed E-state index contributed by atoms with van der Waals surface area (Å²) in [5, 5.41) is 8.72. The Kier molecular flexibility index (Phi) is 5.12. The number of sulfonamides is 1. The second-order valence-electron chi connectivity index (χ2n) is 3.81. The quantitative estimate of drug-likeness (QED) is 0.899. The van der Waals surface area contributed by atoms with E-state index in [1.165, 1.54) is 11.4 Å². The third-order valence-corrected chi connectivity index (χ3v) is 4.96. The van der Waals surface area contributed by atoms with Crippen molar-refractivity contribution in [3.63, 3.8) is 0 Å². The molecule has 4 nitrogen and oxygen atoms in total. The number of nitrogens with zero attached hydrogens (tertiary/aromatic N) is 1. The van der Waals surface area contributed by atoms with Gasteiger partial charge in [0.25, 0.3) is 0 Å². The summed E-state index contributed by atoms with van der Waals surface area (Å²) in [6.07, 6.45) is 0.433. The standard InChI is InChI=1S/C11H16BrNO3S/c1-9-4-5-10(12)8-11(9)17(15,16)13(2)6-3-7-14/h4-5,8,14H,3,6-7H2,1-2H3. The van der Waals surface area contributed by atoms with Crippen molar-refractivity contribution >= 4 is 26.0 Å². The topological polar surface area (TPSA) is 57.6 Å². The molecule has 1 N–H and O–H groups in total. The van der Waals surface area contributed by atoms with Crippen LogP contribution in [0.1, 0.15) is 12.0 Å². The summed E-state index contributed by atoms with van der Waals surface area (Å²) in [6, 6.07) is 5.17. The van der Waals surface area contributed by atoms with Crippen molar-refractivity contribution in [3.8, 4) is 0 Å². The lowest BCUT2D eigenvalue weighted by atomic mass is 10.2. The zero-order valence-electron chi connectivity index (χ0n) is 9.85. The molecule has 0 aliphatic carbocycles. The van der Waals surface area contributed by atoms with Gasteiger partial charge in [-0.3, -0.25) is 0 Å². The van der Waals surface area contributed by atoms with Crippen LogP contribution >= 0.6 is 15.9 Å². The van der Waals surface area contributed by atoms with Gasteiger partial charge >= 0.3 is 0 Å². The highest BCUT2D eigenvalue weighted by Gasteiger charge is 2.22. The van der Waals surface area contributed by atoms with Crippen LogP contribution < -0.4 is 0 Å². The zero-order chi connectivity index (χ0) is 13.1. The third-order valence-electron chi connectivity index (χ3n) is 2.47. The average molecular weight is 322 g/mol. The maximum Gasteiger partial charge on any atom is 0.243 e. The SMILES string of the molecule is Cc1ccc(Br)cc1S(=O)(=O)N(C)CCCO. The summed E-state index contributed by atoms with van der Waals surface area (Å²) < 4.78 is 26.5. The first-order valence-corrected chi connectivity index (χ1v) is 7.46. The van der Waals surface area contributed by atoms with Crippen LogP contribution in [-0.2, 0) is 10.0 Å². The van der Waals surface area contributed by atoms with Gasteiger partial charge in [0.15, 0.2) is 0 Å². The maximum absolute atomic E-state index is 12.2. The number of aliphatic hydroxyl groups is 1. The highest BCUT2D eigenvalue weighted by Crippen LogP contribution is 2.23. The van der Waals surface area contributed by atoms with Crippen molar-refractivity contribution in [3.05, 3.63) is 28.2 Å². The predicted molar refractivity (Wildman–Crippen MR) is 70.4 cm³/mol. The number of aliphatic hydroxyl groups excluding tert-OH is 1. The van der Waals surface area contributed by atoms with E-state index in [0.717, 1.165) is 4.47 Å². The Balaban J connectivity index is 3.08. The monoisotopic (exact) mass is 321 g/mol. The summed E-state index contributed by atoms with van der Waals surface area (Å²) in [4.78, 5) is 0.298. The molecule has 0 aliphatic rings. The molecular formula is C11H16BrNO3S. The Hall–Kier alpha value is -0.430. The van der Waals surface area contributed by atoms with Crippen LogP contribution in [0, 0.1) is 6.92 Å². The lowest BCUT2D eigenvalue weighted by molar-refractivity contribution is 0.275. The first kappa shape index (κ1) is 14.6. The second-order valence-corrected chi connectivity index (χ2v) is 6.74.